The van der Waals surface area contributed by atoms with Crippen LogP contribution >= 0.6 is 0 Å². The fourth-order valence-corrected chi connectivity index (χ4v) is 3.96. The third-order valence-electron chi connectivity index (χ3n) is 3.95. The van der Waals surface area contributed by atoms with Crippen molar-refractivity contribution in [2.75, 3.05) is 30.7 Å². The molecule has 1 fully saturated rings. The summed E-state index contributed by atoms with van der Waals surface area (Å²) >= 11 is 0. The Morgan fingerprint density at radius 3 is 2.48 bits per heavy atom. The van der Waals surface area contributed by atoms with Crippen LogP contribution in [0, 0.1) is 5.41 Å². The average Bonchev–Trinajstić information content (AvgIpc) is 2.85. The van der Waals surface area contributed by atoms with Gasteiger partial charge in [-0.2, -0.15) is 0 Å². The van der Waals surface area contributed by atoms with Gasteiger partial charge in [-0.3, -0.25) is 9.59 Å². The van der Waals surface area contributed by atoms with Crippen molar-refractivity contribution in [1.29, 1.82) is 0 Å². The highest BCUT2D eigenvalue weighted by atomic mass is 32.2. The maximum absolute atomic E-state index is 12.4. The number of carbonyl (C=O) groups excluding carboxylic acids is 2. The molecule has 1 heterocycles. The van der Waals surface area contributed by atoms with Gasteiger partial charge in [0.15, 0.2) is 0 Å². The van der Waals surface area contributed by atoms with Crippen LogP contribution in [0.25, 0.3) is 0 Å². The minimum atomic E-state index is -3.17. The van der Waals surface area contributed by atoms with Gasteiger partial charge in [-0.1, -0.05) is 32.9 Å². The van der Waals surface area contributed by atoms with E-state index in [1.54, 1.807) is 45.0 Å². The summed E-state index contributed by atoms with van der Waals surface area (Å²) in [6, 6.07) is 6.75. The lowest BCUT2D eigenvalue weighted by atomic mass is 9.95. The first-order chi connectivity index (χ1) is 11.6. The van der Waals surface area contributed by atoms with Crippen LogP contribution in [0.2, 0.25) is 0 Å². The second-order valence-electron chi connectivity index (χ2n) is 7.07. The molecule has 7 nitrogen and oxygen atoms in total. The van der Waals surface area contributed by atoms with Crippen LogP contribution in [0.3, 0.4) is 0 Å². The van der Waals surface area contributed by atoms with E-state index < -0.39 is 15.4 Å². The number of rotatable bonds is 5. The Kier molecular flexibility index (Phi) is 5.84. The molecule has 1 aliphatic heterocycles. The molecule has 0 atom stereocenters. The molecule has 1 aromatic rings. The smallest absolute Gasteiger partial charge is 0.253 e. The van der Waals surface area contributed by atoms with Gasteiger partial charge in [0.2, 0.25) is 15.9 Å². The first kappa shape index (κ1) is 19.4. The minimum absolute atomic E-state index is 0.169. The van der Waals surface area contributed by atoms with Crippen LogP contribution in [0.1, 0.15) is 37.6 Å². The number of sulfonamides is 1. The number of anilines is 1. The summed E-state index contributed by atoms with van der Waals surface area (Å²) in [6.07, 6.45) is 0.623. The van der Waals surface area contributed by atoms with Crippen molar-refractivity contribution in [3.8, 4) is 0 Å². The van der Waals surface area contributed by atoms with E-state index in [4.69, 9.17) is 0 Å². The molecule has 1 aromatic carbocycles. The zero-order valence-corrected chi connectivity index (χ0v) is 15.6. The van der Waals surface area contributed by atoms with Crippen LogP contribution in [0.4, 0.5) is 5.69 Å². The van der Waals surface area contributed by atoms with Crippen molar-refractivity contribution in [3.63, 3.8) is 0 Å². The number of nitrogens with one attached hydrogen (secondary N) is 2. The van der Waals surface area contributed by atoms with Crippen LogP contribution in [-0.4, -0.2) is 49.9 Å². The van der Waals surface area contributed by atoms with Crippen LogP contribution in [0.5, 0.6) is 0 Å². The molecule has 1 saturated heterocycles. The normalized spacial score (nSPS) is 17.2. The van der Waals surface area contributed by atoms with Gasteiger partial charge in [0, 0.05) is 25.0 Å². The molecular weight excluding hydrogens is 342 g/mol. The highest BCUT2D eigenvalue weighted by Crippen LogP contribution is 2.20. The van der Waals surface area contributed by atoms with E-state index in [1.165, 1.54) is 4.31 Å². The van der Waals surface area contributed by atoms with Gasteiger partial charge in [-0.25, -0.2) is 12.7 Å². The molecule has 8 heteroatoms. The molecule has 2 amide bonds. The lowest BCUT2D eigenvalue weighted by Crippen LogP contribution is -2.36. The van der Waals surface area contributed by atoms with Crippen molar-refractivity contribution >= 4 is 27.5 Å². The van der Waals surface area contributed by atoms with Gasteiger partial charge in [0.1, 0.15) is 0 Å². The molecule has 0 bridgehead atoms. The first-order valence-electron chi connectivity index (χ1n) is 8.28. The monoisotopic (exact) mass is 367 g/mol. The zero-order chi connectivity index (χ0) is 18.7. The third-order valence-corrected chi connectivity index (χ3v) is 5.91. The number of carbonyl (C=O) groups is 2. The van der Waals surface area contributed by atoms with Crippen LogP contribution < -0.4 is 10.6 Å². The van der Waals surface area contributed by atoms with Gasteiger partial charge in [0.05, 0.1) is 17.0 Å². The standard InChI is InChI=1S/C17H25N3O4S/c1-17(2,3)16(22)19-14-8-5-4-7-13(14)15(21)18-9-11-20-10-6-12-25(20,23)24/h4-5,7-8H,6,9-12H2,1-3H3,(H,18,21)(H,19,22). The molecule has 25 heavy (non-hydrogen) atoms. The van der Waals surface area contributed by atoms with Crippen molar-refractivity contribution in [2.45, 2.75) is 27.2 Å². The summed E-state index contributed by atoms with van der Waals surface area (Å²) in [5.74, 6) is -0.361. The van der Waals surface area contributed by atoms with Crippen LogP contribution in [0.15, 0.2) is 24.3 Å². The van der Waals surface area contributed by atoms with Crippen molar-refractivity contribution in [2.24, 2.45) is 5.41 Å². The van der Waals surface area contributed by atoms with Crippen molar-refractivity contribution in [1.82, 2.24) is 9.62 Å². The van der Waals surface area contributed by atoms with E-state index in [9.17, 15) is 18.0 Å². The zero-order valence-electron chi connectivity index (χ0n) is 14.8. The van der Waals surface area contributed by atoms with Crippen LogP contribution in [-0.2, 0) is 14.8 Å². The quantitative estimate of drug-likeness (QED) is 0.823. The number of hydrogen-bond acceptors (Lipinski definition) is 4. The molecule has 0 radical (unpaired) electrons. The lowest BCUT2D eigenvalue weighted by Gasteiger charge is -2.19. The number of benzene rings is 1. The maximum atomic E-state index is 12.4. The number of hydrogen-bond donors (Lipinski definition) is 2. The average molecular weight is 367 g/mol. The molecule has 1 aliphatic rings. The predicted octanol–water partition coefficient (Wildman–Crippen LogP) is 1.44. The summed E-state index contributed by atoms with van der Waals surface area (Å²) in [6.45, 7) is 6.35. The Hall–Kier alpha value is -1.93. The van der Waals surface area contributed by atoms with Gasteiger partial charge in [-0.05, 0) is 18.6 Å². The molecule has 2 rings (SSSR count). The van der Waals surface area contributed by atoms with Gasteiger partial charge in [0.25, 0.3) is 5.91 Å². The largest absolute Gasteiger partial charge is 0.351 e. The highest BCUT2D eigenvalue weighted by Gasteiger charge is 2.28. The van der Waals surface area contributed by atoms with E-state index >= 15 is 0 Å². The van der Waals surface area contributed by atoms with E-state index in [0.29, 0.717) is 24.2 Å². The SMILES string of the molecule is CC(C)(C)C(=O)Nc1ccccc1C(=O)NCCN1CCCS1(=O)=O. The predicted molar refractivity (Wildman–Crippen MR) is 96.8 cm³/mol. The third kappa shape index (κ3) is 5.02. The summed E-state index contributed by atoms with van der Waals surface area (Å²) in [7, 11) is -3.17. The van der Waals surface area contributed by atoms with Gasteiger partial charge < -0.3 is 10.6 Å². The fraction of sp³-hybridized carbons (Fsp3) is 0.529. The summed E-state index contributed by atoms with van der Waals surface area (Å²) in [5, 5.41) is 5.49. The Bertz CT molecular complexity index is 753. The number of amides is 2. The molecular formula is C17H25N3O4S. The van der Waals surface area contributed by atoms with Gasteiger partial charge >= 0.3 is 0 Å². The summed E-state index contributed by atoms with van der Waals surface area (Å²) in [5.41, 5.74) is 0.214. The molecule has 0 aromatic heterocycles. The molecule has 2 N–H and O–H groups in total. The number of nitrogens with zero attached hydrogens (tertiary/aromatic N) is 1. The van der Waals surface area contributed by atoms with E-state index in [1.807, 2.05) is 0 Å². The number of para-hydroxylation sites is 1. The fourth-order valence-electron chi connectivity index (χ4n) is 2.43. The minimum Gasteiger partial charge on any atom is -0.351 e. The second-order valence-corrected chi connectivity index (χ2v) is 9.16. The lowest BCUT2D eigenvalue weighted by molar-refractivity contribution is -0.123. The summed E-state index contributed by atoms with van der Waals surface area (Å²) < 4.78 is 24.9. The van der Waals surface area contributed by atoms with E-state index in [-0.39, 0.29) is 30.7 Å². The Labute approximate surface area is 148 Å². The molecule has 0 unspecified atom stereocenters. The molecule has 0 spiro atoms. The van der Waals surface area contributed by atoms with Gasteiger partial charge in [-0.15, -0.1) is 0 Å². The first-order valence-corrected chi connectivity index (χ1v) is 9.89. The molecule has 0 aliphatic carbocycles. The Morgan fingerprint density at radius 1 is 1.20 bits per heavy atom. The highest BCUT2D eigenvalue weighted by molar-refractivity contribution is 7.89. The topological polar surface area (TPSA) is 95.6 Å². The van der Waals surface area contributed by atoms with E-state index in [0.717, 1.165) is 0 Å². The maximum Gasteiger partial charge on any atom is 0.253 e. The summed E-state index contributed by atoms with van der Waals surface area (Å²) in [4.78, 5) is 24.6. The van der Waals surface area contributed by atoms with E-state index in [2.05, 4.69) is 10.6 Å². The Balaban J connectivity index is 1.99. The Morgan fingerprint density at radius 2 is 1.88 bits per heavy atom. The molecule has 0 saturated carbocycles. The van der Waals surface area contributed by atoms with Crippen molar-refractivity contribution < 1.29 is 18.0 Å². The van der Waals surface area contributed by atoms with Crippen molar-refractivity contribution in [3.05, 3.63) is 29.8 Å². The second kappa shape index (κ2) is 7.53. The molecule has 138 valence electrons.